The van der Waals surface area contributed by atoms with Crippen molar-refractivity contribution < 1.29 is 9.18 Å². The summed E-state index contributed by atoms with van der Waals surface area (Å²) in [6.07, 6.45) is 3.65. The lowest BCUT2D eigenvalue weighted by molar-refractivity contribution is 0.0729. The second kappa shape index (κ2) is 4.49. The summed E-state index contributed by atoms with van der Waals surface area (Å²) in [4.78, 5) is 16.8. The van der Waals surface area contributed by atoms with Gasteiger partial charge in [-0.1, -0.05) is 30.3 Å². The fraction of sp³-hybridized carbons (Fsp3) is 0.500. The van der Waals surface area contributed by atoms with E-state index < -0.39 is 6.17 Å². The van der Waals surface area contributed by atoms with E-state index in [1.807, 2.05) is 30.3 Å². The van der Waals surface area contributed by atoms with Crippen LogP contribution in [0.15, 0.2) is 30.3 Å². The van der Waals surface area contributed by atoms with Gasteiger partial charge in [0.15, 0.2) is 12.0 Å². The molecule has 0 radical (unpaired) electrons. The minimum absolute atomic E-state index is 0.00318. The smallest absolute Gasteiger partial charge is 0.217 e. The predicted molar refractivity (Wildman–Crippen MR) is 81.8 cm³/mol. The molecule has 2 fully saturated rings. The molecule has 3 aliphatic rings. The number of halogens is 1. The molecule has 0 bridgehead atoms. The summed E-state index contributed by atoms with van der Waals surface area (Å²) < 4.78 is 15.9. The third-order valence-corrected chi connectivity index (χ3v) is 5.75. The number of alkyl halides is 1. The van der Waals surface area contributed by atoms with Crippen LogP contribution >= 0.6 is 0 Å². The van der Waals surface area contributed by atoms with E-state index >= 15 is 0 Å². The number of hydrogen-bond donors (Lipinski definition) is 0. The number of Topliss-reactive ketones (excluding diaryl/α,β-unsaturated/α-hetero) is 1. The zero-order valence-electron chi connectivity index (χ0n) is 12.8. The SMILES string of the molecule is O=C(c1nc2n(n1)[C@H](c1ccccc1)C[C@@H]2F)C1CC2(CC2)C1. The Morgan fingerprint density at radius 2 is 1.96 bits per heavy atom. The molecule has 1 aromatic carbocycles. The van der Waals surface area contributed by atoms with Crippen molar-refractivity contribution in [3.8, 4) is 0 Å². The van der Waals surface area contributed by atoms with Crippen LogP contribution in [0.4, 0.5) is 4.39 Å². The molecular weight excluding hydrogens is 293 g/mol. The predicted octanol–water partition coefficient (Wildman–Crippen LogP) is 3.65. The number of nitrogens with zero attached hydrogens (tertiary/aromatic N) is 3. The number of hydrogen-bond acceptors (Lipinski definition) is 3. The van der Waals surface area contributed by atoms with Crippen LogP contribution in [0.25, 0.3) is 0 Å². The standard InChI is InChI=1S/C18H18FN3O/c19-13-8-14(11-4-2-1-3-5-11)22-17(13)20-16(21-22)15(23)12-9-18(10-12)6-7-18/h1-5,12-14H,6-10H2/t13-,14-/m0/s1. The molecule has 1 spiro atoms. The molecule has 5 heteroatoms. The molecule has 4 nitrogen and oxygen atoms in total. The topological polar surface area (TPSA) is 47.8 Å². The molecule has 0 amide bonds. The average molecular weight is 311 g/mol. The lowest BCUT2D eigenvalue weighted by Crippen LogP contribution is -2.32. The van der Waals surface area contributed by atoms with Gasteiger partial charge < -0.3 is 0 Å². The van der Waals surface area contributed by atoms with E-state index in [-0.39, 0.29) is 23.6 Å². The molecule has 2 saturated carbocycles. The van der Waals surface area contributed by atoms with Crippen LogP contribution < -0.4 is 0 Å². The first-order valence-corrected chi connectivity index (χ1v) is 8.35. The van der Waals surface area contributed by atoms with Gasteiger partial charge in [-0.05, 0) is 36.7 Å². The van der Waals surface area contributed by atoms with Crippen LogP contribution in [0.1, 0.15) is 66.3 Å². The number of aromatic nitrogens is 3. The molecule has 2 atom stereocenters. The monoisotopic (exact) mass is 311 g/mol. The van der Waals surface area contributed by atoms with Gasteiger partial charge in [-0.15, -0.1) is 5.10 Å². The van der Waals surface area contributed by atoms with Crippen LogP contribution in [0.2, 0.25) is 0 Å². The average Bonchev–Trinajstić information content (AvgIpc) is 3.13. The van der Waals surface area contributed by atoms with Gasteiger partial charge in [0, 0.05) is 12.3 Å². The normalized spacial score (nSPS) is 27.7. The lowest BCUT2D eigenvalue weighted by atomic mass is 9.70. The summed E-state index contributed by atoms with van der Waals surface area (Å²) in [6, 6.07) is 9.59. The van der Waals surface area contributed by atoms with Crippen LogP contribution in [0, 0.1) is 11.3 Å². The van der Waals surface area contributed by atoms with Gasteiger partial charge in [0.1, 0.15) is 0 Å². The summed E-state index contributed by atoms with van der Waals surface area (Å²) >= 11 is 0. The lowest BCUT2D eigenvalue weighted by Gasteiger charge is -2.33. The van der Waals surface area contributed by atoms with Crippen molar-refractivity contribution in [2.24, 2.45) is 11.3 Å². The Hall–Kier alpha value is -2.04. The van der Waals surface area contributed by atoms with E-state index in [0.29, 0.717) is 17.7 Å². The van der Waals surface area contributed by atoms with Crippen molar-refractivity contribution in [2.45, 2.75) is 44.3 Å². The van der Waals surface area contributed by atoms with E-state index in [0.717, 1.165) is 18.4 Å². The van der Waals surface area contributed by atoms with Crippen molar-refractivity contribution >= 4 is 5.78 Å². The zero-order valence-corrected chi connectivity index (χ0v) is 12.8. The van der Waals surface area contributed by atoms with Gasteiger partial charge in [0.2, 0.25) is 11.6 Å². The Balaban J connectivity index is 1.44. The van der Waals surface area contributed by atoms with Crippen molar-refractivity contribution in [1.29, 1.82) is 0 Å². The quantitative estimate of drug-likeness (QED) is 0.813. The van der Waals surface area contributed by atoms with E-state index in [4.69, 9.17) is 0 Å². The minimum atomic E-state index is -1.15. The molecule has 2 heterocycles. The molecule has 0 unspecified atom stereocenters. The largest absolute Gasteiger partial charge is 0.290 e. The van der Waals surface area contributed by atoms with Gasteiger partial charge in [0.05, 0.1) is 6.04 Å². The van der Waals surface area contributed by atoms with Gasteiger partial charge in [-0.2, -0.15) is 0 Å². The first-order valence-electron chi connectivity index (χ1n) is 8.35. The van der Waals surface area contributed by atoms with Crippen molar-refractivity contribution in [3.05, 3.63) is 47.5 Å². The minimum Gasteiger partial charge on any atom is -0.290 e. The van der Waals surface area contributed by atoms with E-state index in [9.17, 15) is 9.18 Å². The second-order valence-electron chi connectivity index (χ2n) is 7.34. The summed E-state index contributed by atoms with van der Waals surface area (Å²) in [5.74, 6) is 0.573. The highest BCUT2D eigenvalue weighted by molar-refractivity contribution is 5.95. The zero-order chi connectivity index (χ0) is 15.6. The van der Waals surface area contributed by atoms with E-state index in [1.165, 1.54) is 12.8 Å². The van der Waals surface area contributed by atoms with Gasteiger partial charge in [-0.3, -0.25) is 4.79 Å². The molecule has 2 aliphatic carbocycles. The molecule has 118 valence electrons. The van der Waals surface area contributed by atoms with Crippen LogP contribution in [-0.4, -0.2) is 20.5 Å². The summed E-state index contributed by atoms with van der Waals surface area (Å²) in [5, 5.41) is 4.39. The van der Waals surface area contributed by atoms with Crippen molar-refractivity contribution in [3.63, 3.8) is 0 Å². The highest BCUT2D eigenvalue weighted by Gasteiger charge is 2.55. The number of carbonyl (C=O) groups excluding carboxylic acids is 1. The number of carbonyl (C=O) groups is 1. The Morgan fingerprint density at radius 3 is 2.65 bits per heavy atom. The first-order chi connectivity index (χ1) is 11.2. The summed E-state index contributed by atoms with van der Waals surface area (Å²) in [7, 11) is 0. The maximum absolute atomic E-state index is 14.3. The van der Waals surface area contributed by atoms with Gasteiger partial charge in [0.25, 0.3) is 0 Å². The third-order valence-electron chi connectivity index (χ3n) is 5.75. The first kappa shape index (κ1) is 13.4. The second-order valence-corrected chi connectivity index (χ2v) is 7.34. The maximum Gasteiger partial charge on any atom is 0.217 e. The highest BCUT2D eigenvalue weighted by atomic mass is 19.1. The molecule has 1 aliphatic heterocycles. The molecule has 5 rings (SSSR count). The Labute approximate surface area is 133 Å². The number of rotatable bonds is 3. The Morgan fingerprint density at radius 1 is 1.22 bits per heavy atom. The Kier molecular flexibility index (Phi) is 2.62. The summed E-state index contributed by atoms with van der Waals surface area (Å²) in [6.45, 7) is 0. The van der Waals surface area contributed by atoms with Crippen LogP contribution in [0.3, 0.4) is 0 Å². The molecule has 0 saturated heterocycles. The number of benzene rings is 1. The van der Waals surface area contributed by atoms with Crippen LogP contribution in [0.5, 0.6) is 0 Å². The fourth-order valence-electron chi connectivity index (χ4n) is 4.18. The molecule has 23 heavy (non-hydrogen) atoms. The maximum atomic E-state index is 14.3. The highest BCUT2D eigenvalue weighted by Crippen LogP contribution is 2.63. The molecule has 1 aromatic heterocycles. The number of fused-ring (bicyclic) bond motifs is 1. The fourth-order valence-corrected chi connectivity index (χ4v) is 4.18. The third kappa shape index (κ3) is 1.98. The van der Waals surface area contributed by atoms with E-state index in [2.05, 4.69) is 10.1 Å². The summed E-state index contributed by atoms with van der Waals surface area (Å²) in [5.41, 5.74) is 1.48. The van der Waals surface area contributed by atoms with Gasteiger partial charge in [-0.25, -0.2) is 14.1 Å². The molecule has 2 aromatic rings. The van der Waals surface area contributed by atoms with Crippen molar-refractivity contribution in [2.75, 3.05) is 0 Å². The van der Waals surface area contributed by atoms with E-state index in [1.54, 1.807) is 4.68 Å². The molecule has 0 N–H and O–H groups in total. The van der Waals surface area contributed by atoms with Gasteiger partial charge >= 0.3 is 0 Å². The molecular formula is C18H18FN3O. The Bertz CT molecular complexity index is 773. The van der Waals surface area contributed by atoms with Crippen LogP contribution in [-0.2, 0) is 0 Å². The van der Waals surface area contributed by atoms with Crippen molar-refractivity contribution in [1.82, 2.24) is 14.8 Å². The number of ketones is 1.